The van der Waals surface area contributed by atoms with E-state index < -0.39 is 92.8 Å². The number of likely N-dealkylation sites (tertiary alicyclic amines) is 1. The third kappa shape index (κ3) is 4.73. The molecule has 3 rings (SSSR count). The van der Waals surface area contributed by atoms with Crippen molar-refractivity contribution in [2.45, 2.75) is 70.8 Å². The monoisotopic (exact) mass is 544 g/mol. The second-order valence-electron chi connectivity index (χ2n) is 10.7. The van der Waals surface area contributed by atoms with Crippen molar-refractivity contribution in [1.29, 1.82) is 0 Å². The molecule has 2 nitrogen and oxygen atoms in total. The van der Waals surface area contributed by atoms with Crippen LogP contribution in [0.25, 0.3) is 0 Å². The molecule has 0 unspecified atom stereocenters. The Kier molecular flexibility index (Phi) is 7.75. The van der Waals surface area contributed by atoms with Gasteiger partial charge in [0, 0.05) is 11.1 Å². The summed E-state index contributed by atoms with van der Waals surface area (Å²) in [5.41, 5.74) is -5.00. The molecule has 0 aromatic heterocycles. The fourth-order valence-electron chi connectivity index (χ4n) is 5.71. The lowest BCUT2D eigenvalue weighted by molar-refractivity contribution is -0.0264. The number of rotatable bonds is 6. The first-order valence-electron chi connectivity index (χ1n) is 11.6. The summed E-state index contributed by atoms with van der Waals surface area (Å²) in [6, 6.07) is 0. The maximum Gasteiger partial charge on any atom is 0.200 e. The lowest BCUT2D eigenvalue weighted by Crippen LogP contribution is -2.65. The Morgan fingerprint density at radius 3 is 1.22 bits per heavy atom. The van der Waals surface area contributed by atoms with Gasteiger partial charge in [0.15, 0.2) is 41.3 Å². The SMILES string of the molecule is CC1(C)CCCC(C)(C)N1CCC[B-](O)(c1c(F)c(F)c(F)c(F)c1F)c1c(F)c(F)c(F)c(F)c1F. The van der Waals surface area contributed by atoms with Gasteiger partial charge < -0.3 is 5.02 Å². The first kappa shape index (κ1) is 29.3. The molecule has 206 valence electrons. The molecule has 0 aliphatic carbocycles. The van der Waals surface area contributed by atoms with Gasteiger partial charge in [0.05, 0.1) is 0 Å². The van der Waals surface area contributed by atoms with E-state index in [0.29, 0.717) is 0 Å². The predicted molar refractivity (Wildman–Crippen MR) is 118 cm³/mol. The Bertz CT molecular complexity index is 1090. The Morgan fingerprint density at radius 1 is 0.595 bits per heavy atom. The molecule has 0 amide bonds. The maximum atomic E-state index is 14.8. The van der Waals surface area contributed by atoms with Crippen LogP contribution >= 0.6 is 0 Å². The van der Waals surface area contributed by atoms with E-state index in [4.69, 9.17) is 0 Å². The van der Waals surface area contributed by atoms with Crippen LogP contribution in [0.3, 0.4) is 0 Å². The van der Waals surface area contributed by atoms with Gasteiger partial charge in [0.25, 0.3) is 0 Å². The lowest BCUT2D eigenvalue weighted by atomic mass is 9.29. The first-order valence-corrected chi connectivity index (χ1v) is 11.6. The molecule has 1 aliphatic heterocycles. The van der Waals surface area contributed by atoms with Crippen LogP contribution in [-0.4, -0.2) is 33.9 Å². The Morgan fingerprint density at radius 2 is 0.892 bits per heavy atom. The molecule has 13 heteroatoms. The van der Waals surface area contributed by atoms with Crippen molar-refractivity contribution in [3.8, 4) is 0 Å². The average molecular weight is 544 g/mol. The Hall–Kier alpha value is -2.28. The summed E-state index contributed by atoms with van der Waals surface area (Å²) in [6.45, 7) is 7.56. The highest BCUT2D eigenvalue weighted by molar-refractivity contribution is 6.96. The summed E-state index contributed by atoms with van der Waals surface area (Å²) in [5.74, 6) is -26.0. The van der Waals surface area contributed by atoms with Gasteiger partial charge in [0.1, 0.15) is 23.3 Å². The van der Waals surface area contributed by atoms with Gasteiger partial charge in [-0.2, -0.15) is 0 Å². The van der Waals surface area contributed by atoms with Crippen LogP contribution in [0.2, 0.25) is 6.32 Å². The van der Waals surface area contributed by atoms with Crippen LogP contribution in [0.5, 0.6) is 0 Å². The molecule has 0 bridgehead atoms. The fraction of sp³-hybridized carbons (Fsp3) is 0.500. The quantitative estimate of drug-likeness (QED) is 0.223. The predicted octanol–water partition coefficient (Wildman–Crippen LogP) is 5.56. The molecule has 0 spiro atoms. The largest absolute Gasteiger partial charge is 0.597 e. The third-order valence-corrected chi connectivity index (χ3v) is 7.48. The van der Waals surface area contributed by atoms with E-state index >= 15 is 0 Å². The van der Waals surface area contributed by atoms with Crippen LogP contribution in [0.1, 0.15) is 53.4 Å². The highest BCUT2D eigenvalue weighted by atomic mass is 19.2. The van der Waals surface area contributed by atoms with Crippen LogP contribution in [-0.2, 0) is 0 Å². The second kappa shape index (κ2) is 9.79. The molecule has 1 aliphatic rings. The summed E-state index contributed by atoms with van der Waals surface area (Å²) in [4.78, 5) is 1.94. The number of nitrogens with zero attached hydrogens (tertiary/aromatic N) is 1. The van der Waals surface area contributed by atoms with Crippen LogP contribution in [0, 0.1) is 58.2 Å². The van der Waals surface area contributed by atoms with Crippen molar-refractivity contribution < 1.29 is 48.9 Å². The zero-order chi connectivity index (χ0) is 28.2. The molecule has 1 N–H and O–H groups in total. The second-order valence-corrected chi connectivity index (χ2v) is 10.7. The topological polar surface area (TPSA) is 23.5 Å². The van der Waals surface area contributed by atoms with Gasteiger partial charge >= 0.3 is 0 Å². The molecule has 0 saturated carbocycles. The van der Waals surface area contributed by atoms with E-state index in [1.54, 1.807) is 0 Å². The molecule has 37 heavy (non-hydrogen) atoms. The number of hydrogen-bond acceptors (Lipinski definition) is 2. The van der Waals surface area contributed by atoms with E-state index in [9.17, 15) is 48.9 Å². The minimum atomic E-state index is -4.73. The number of benzene rings is 2. The summed E-state index contributed by atoms with van der Waals surface area (Å²) in [5, 5.41) is 11.3. The first-order chi connectivity index (χ1) is 16.9. The normalized spacial score (nSPS) is 17.9. The van der Waals surface area contributed by atoms with Crippen molar-refractivity contribution in [2.75, 3.05) is 6.54 Å². The Balaban J connectivity index is 2.22. The molecule has 0 atom stereocenters. The zero-order valence-corrected chi connectivity index (χ0v) is 20.5. The van der Waals surface area contributed by atoms with Crippen molar-refractivity contribution in [2.24, 2.45) is 0 Å². The van der Waals surface area contributed by atoms with E-state index in [1.165, 1.54) is 0 Å². The van der Waals surface area contributed by atoms with Gasteiger partial charge in [-0.3, -0.25) is 4.90 Å². The van der Waals surface area contributed by atoms with E-state index in [-0.39, 0.29) is 13.0 Å². The number of hydrogen-bond donors (Lipinski definition) is 1. The van der Waals surface area contributed by atoms with Crippen LogP contribution < -0.4 is 10.9 Å². The average Bonchev–Trinajstić information content (AvgIpc) is 2.80. The van der Waals surface area contributed by atoms with Crippen molar-refractivity contribution >= 4 is 17.3 Å². The van der Waals surface area contributed by atoms with E-state index in [1.807, 2.05) is 32.6 Å². The molecule has 2 aromatic rings. The molecular formula is C24H25BF10NO-. The Labute approximate surface area is 207 Å². The summed E-state index contributed by atoms with van der Waals surface area (Å²) < 4.78 is 143. The third-order valence-electron chi connectivity index (χ3n) is 7.48. The molecule has 1 saturated heterocycles. The van der Waals surface area contributed by atoms with Crippen molar-refractivity contribution in [3.05, 3.63) is 58.2 Å². The smallest absolute Gasteiger partial charge is 0.200 e. The van der Waals surface area contributed by atoms with Crippen LogP contribution in [0.15, 0.2) is 0 Å². The fourth-order valence-corrected chi connectivity index (χ4v) is 5.71. The maximum absolute atomic E-state index is 14.8. The minimum absolute atomic E-state index is 0.00878. The standard InChI is InChI=1S/C24H25BF10NO/c1-23(2)7-5-8-24(3,4)36(23)10-6-9-25(37,11-13(26)17(30)21(34)18(31)14(11)27)12-15(28)19(32)22(35)20(33)16(12)29/h37H,5-10H2,1-4H3/q-1. The van der Waals surface area contributed by atoms with Crippen molar-refractivity contribution in [1.82, 2.24) is 4.90 Å². The van der Waals surface area contributed by atoms with Gasteiger partial charge in [-0.15, -0.1) is 6.32 Å². The summed E-state index contributed by atoms with van der Waals surface area (Å²) in [7, 11) is 0. The number of halogens is 10. The minimum Gasteiger partial charge on any atom is -0.597 e. The molecule has 2 aromatic carbocycles. The van der Waals surface area contributed by atoms with E-state index in [0.717, 1.165) is 19.3 Å². The highest BCUT2D eigenvalue weighted by Crippen LogP contribution is 2.38. The summed E-state index contributed by atoms with van der Waals surface area (Å²) >= 11 is 0. The van der Waals surface area contributed by atoms with E-state index in [2.05, 4.69) is 0 Å². The van der Waals surface area contributed by atoms with Crippen LogP contribution in [0.4, 0.5) is 43.9 Å². The number of piperidine rings is 1. The zero-order valence-electron chi connectivity index (χ0n) is 20.5. The van der Waals surface area contributed by atoms with Gasteiger partial charge in [-0.05, 0) is 53.5 Å². The highest BCUT2D eigenvalue weighted by Gasteiger charge is 2.44. The molecular weight excluding hydrogens is 519 g/mol. The van der Waals surface area contributed by atoms with Gasteiger partial charge in [-0.25, -0.2) is 43.9 Å². The van der Waals surface area contributed by atoms with Crippen molar-refractivity contribution in [3.63, 3.8) is 0 Å². The molecule has 1 heterocycles. The van der Waals surface area contributed by atoms with Gasteiger partial charge in [-0.1, -0.05) is 17.3 Å². The lowest BCUT2D eigenvalue weighted by Gasteiger charge is -2.53. The summed E-state index contributed by atoms with van der Waals surface area (Å²) in [6.07, 6.45) is -3.87. The van der Waals surface area contributed by atoms with Gasteiger partial charge in [0.2, 0.25) is 0 Å². The molecule has 1 fully saturated rings. The molecule has 0 radical (unpaired) electrons.